The van der Waals surface area contributed by atoms with E-state index in [1.807, 2.05) is 78.9 Å². The minimum Gasteiger partial charge on any atom is -0.458 e. The summed E-state index contributed by atoms with van der Waals surface area (Å²) in [6.07, 6.45) is 5.29. The van der Waals surface area contributed by atoms with Gasteiger partial charge in [-0.25, -0.2) is 4.98 Å². The van der Waals surface area contributed by atoms with Crippen molar-refractivity contribution in [3.05, 3.63) is 332 Å². The zero-order valence-corrected chi connectivity index (χ0v) is 55.0. The van der Waals surface area contributed by atoms with Crippen LogP contribution in [0.2, 0.25) is 0 Å². The normalized spacial score (nSPS) is 16.3. The summed E-state index contributed by atoms with van der Waals surface area (Å²) in [6, 6.07) is 10.1. The number of para-hydroxylation sites is 1. The molecule has 0 unspecified atom stereocenters. The molecule has 12 aromatic carbocycles. The third-order valence-electron chi connectivity index (χ3n) is 17.3. The van der Waals surface area contributed by atoms with Gasteiger partial charge in [0.15, 0.2) is 8.07 Å². The van der Waals surface area contributed by atoms with Crippen LogP contribution >= 0.6 is 0 Å². The number of rotatable bonds is 13. The molecule has 0 fully saturated rings. The predicted octanol–water partition coefficient (Wildman–Crippen LogP) is 19.9. The standard InChI is InChI=1S/C90H78N4OSi/c1-88(2,3)69-45-42-64(43-46-69)65-44-49-82-84(55-65)92(72-32-27-33-73(59-72)95-74-47-48-79-78-40-25-26-41-81(78)94(83(79)60-74)86-58-70(50-51-91-86)89(4,5)6)61-93(82)87-80(68-53-66(62-28-15-10-16-29-62)52-67(54-68)63-30-17-11-18-31-63)56-71(90(7,8)9)57-85(87)96(75-34-19-12-20-35-75,76-36-21-13-22-37-76)77-38-23-14-24-39-77/h10-60H,1-9H3/i10D,11D,12D,13D,14D,15D,16D,17D,18D,19D,20D,21D,22D,23D,24D,28D,29D,30D,31D,34D,35D,36D,37D,38D,39D,52D,53D,54D. The van der Waals surface area contributed by atoms with Gasteiger partial charge in [-0.3, -0.25) is 13.7 Å². The molecule has 0 aliphatic rings. The highest BCUT2D eigenvalue weighted by Crippen LogP contribution is 2.41. The summed E-state index contributed by atoms with van der Waals surface area (Å²) in [4.78, 5) is 4.88. The Morgan fingerprint density at radius 2 is 0.958 bits per heavy atom. The number of ether oxygens (including phenoxy) is 1. The van der Waals surface area contributed by atoms with E-state index < -0.39 is 242 Å². The van der Waals surface area contributed by atoms with Crippen molar-refractivity contribution in [3.63, 3.8) is 0 Å². The topological polar surface area (TPSA) is 35.9 Å². The Hall–Kier alpha value is -10.9. The number of fused-ring (bicyclic) bond motifs is 4. The smallest absolute Gasteiger partial charge is 0.269 e. The first-order valence-corrected chi connectivity index (χ1v) is 33.2. The Balaban J connectivity index is 1.19. The summed E-state index contributed by atoms with van der Waals surface area (Å²) < 4.78 is 285. The van der Waals surface area contributed by atoms with E-state index in [0.29, 0.717) is 22.7 Å². The van der Waals surface area contributed by atoms with Crippen LogP contribution < -0.4 is 30.1 Å². The highest BCUT2D eigenvalue weighted by molar-refractivity contribution is 7.20. The van der Waals surface area contributed by atoms with Gasteiger partial charge in [0, 0.05) is 23.0 Å². The fourth-order valence-corrected chi connectivity index (χ4v) is 16.4. The molecule has 0 N–H and O–H groups in total. The minimum atomic E-state index is -6.56. The minimum absolute atomic E-state index is 0.00360. The lowest BCUT2D eigenvalue weighted by atomic mass is 9.84. The Morgan fingerprint density at radius 1 is 0.417 bits per heavy atom. The first-order chi connectivity index (χ1) is 58.1. The van der Waals surface area contributed by atoms with Crippen LogP contribution in [0.1, 0.15) is 117 Å². The molecule has 0 spiro atoms. The molecule has 0 bridgehead atoms. The Labute approximate surface area is 605 Å². The van der Waals surface area contributed by atoms with Crippen LogP contribution in [-0.2, 0) is 16.2 Å². The van der Waals surface area contributed by atoms with E-state index in [1.165, 1.54) is 16.7 Å². The Kier molecular flexibility index (Phi) is 9.48. The number of benzene rings is 12. The number of pyridine rings is 1. The first kappa shape index (κ1) is 37.2. The molecule has 0 saturated heterocycles. The highest BCUT2D eigenvalue weighted by atomic mass is 28.3. The molecule has 15 aromatic rings. The van der Waals surface area contributed by atoms with Crippen molar-refractivity contribution in [3.8, 4) is 73.2 Å². The highest BCUT2D eigenvalue weighted by Gasteiger charge is 2.45. The maximum absolute atomic E-state index is 11.0. The molecule has 0 radical (unpaired) electrons. The van der Waals surface area contributed by atoms with Gasteiger partial charge in [-0.15, -0.1) is 0 Å². The molecule has 0 saturated carbocycles. The molecule has 3 heterocycles. The zero-order valence-electron chi connectivity index (χ0n) is 82.0. The first-order valence-electron chi connectivity index (χ1n) is 45.2. The fraction of sp³-hybridized carbons (Fsp3) is 0.133. The zero-order chi connectivity index (χ0) is 90.3. The average molecular weight is 1290 g/mol. The van der Waals surface area contributed by atoms with E-state index in [0.717, 1.165) is 32.9 Å². The van der Waals surface area contributed by atoms with Gasteiger partial charge in [0.05, 0.1) is 71.8 Å². The maximum Gasteiger partial charge on any atom is 0.269 e. The van der Waals surface area contributed by atoms with Crippen LogP contribution in [0, 0.1) is 6.33 Å². The van der Waals surface area contributed by atoms with Crippen molar-refractivity contribution >= 4 is 61.7 Å². The van der Waals surface area contributed by atoms with Crippen LogP contribution in [0.3, 0.4) is 0 Å². The van der Waals surface area contributed by atoms with E-state index in [1.54, 1.807) is 74.0 Å². The van der Waals surface area contributed by atoms with Gasteiger partial charge in [-0.2, -0.15) is 0 Å². The van der Waals surface area contributed by atoms with Crippen LogP contribution in [-0.4, -0.2) is 22.2 Å². The summed E-state index contributed by atoms with van der Waals surface area (Å²) in [5.74, 6) is 1.24. The lowest BCUT2D eigenvalue weighted by Gasteiger charge is -2.38. The monoisotopic (exact) mass is 1290 g/mol. The van der Waals surface area contributed by atoms with E-state index in [9.17, 15) is 30.2 Å². The number of imidazole rings is 1. The van der Waals surface area contributed by atoms with Gasteiger partial charge >= 0.3 is 0 Å². The third-order valence-corrected chi connectivity index (χ3v) is 21.5. The molecule has 3 aromatic heterocycles. The summed E-state index contributed by atoms with van der Waals surface area (Å²) in [6.45, 7) is 17.5. The predicted molar refractivity (Wildman–Crippen MR) is 404 cm³/mol. The van der Waals surface area contributed by atoms with Gasteiger partial charge in [0.25, 0.3) is 6.33 Å². The molecule has 0 atom stereocenters. The van der Waals surface area contributed by atoms with Crippen LogP contribution in [0.4, 0.5) is 0 Å². The Morgan fingerprint density at radius 3 is 1.55 bits per heavy atom. The van der Waals surface area contributed by atoms with E-state index in [-0.39, 0.29) is 38.9 Å². The van der Waals surface area contributed by atoms with E-state index in [2.05, 4.69) is 52.4 Å². The van der Waals surface area contributed by atoms with Gasteiger partial charge in [0.1, 0.15) is 17.3 Å². The number of nitrogens with zero attached hydrogens (tertiary/aromatic N) is 4. The van der Waals surface area contributed by atoms with Crippen molar-refractivity contribution in [2.45, 2.75) is 78.6 Å². The number of hydrogen-bond acceptors (Lipinski definition) is 2. The maximum atomic E-state index is 11.0. The lowest BCUT2D eigenvalue weighted by molar-refractivity contribution is -0.570. The summed E-state index contributed by atoms with van der Waals surface area (Å²) >= 11 is 0. The van der Waals surface area contributed by atoms with Crippen molar-refractivity contribution in [2.75, 3.05) is 0 Å². The van der Waals surface area contributed by atoms with Crippen LogP contribution in [0.15, 0.2) is 309 Å². The molecular formula is C90H78N4OSi. The molecule has 468 valence electrons. The van der Waals surface area contributed by atoms with Gasteiger partial charge in [0.2, 0.25) is 0 Å². The van der Waals surface area contributed by atoms with E-state index >= 15 is 0 Å². The molecule has 15 rings (SSSR count). The molecule has 0 aliphatic carbocycles. The summed E-state index contributed by atoms with van der Waals surface area (Å²) in [7, 11) is -6.56. The second kappa shape index (κ2) is 24.4. The summed E-state index contributed by atoms with van der Waals surface area (Å²) in [5, 5.41) is -1.65. The Bertz CT molecular complexity index is 6730. The van der Waals surface area contributed by atoms with Crippen molar-refractivity contribution in [1.82, 2.24) is 14.1 Å². The molecular weight excluding hydrogens is 1180 g/mol. The third kappa shape index (κ3) is 11.3. The molecule has 0 aliphatic heterocycles. The second-order valence-electron chi connectivity index (χ2n) is 26.5. The van der Waals surface area contributed by atoms with Gasteiger partial charge < -0.3 is 4.74 Å². The van der Waals surface area contributed by atoms with Gasteiger partial charge in [-0.1, -0.05) is 286 Å². The second-order valence-corrected chi connectivity index (χ2v) is 30.0. The number of aromatic nitrogens is 4. The molecule has 5 nitrogen and oxygen atoms in total. The van der Waals surface area contributed by atoms with Crippen LogP contribution in [0.5, 0.6) is 11.5 Å². The quantitative estimate of drug-likeness (QED) is 0.0499. The van der Waals surface area contributed by atoms with Crippen molar-refractivity contribution < 1.29 is 47.7 Å². The van der Waals surface area contributed by atoms with Crippen LogP contribution in [0.25, 0.3) is 94.5 Å². The summed E-state index contributed by atoms with van der Waals surface area (Å²) in [5.41, 5.74) is -2.08. The van der Waals surface area contributed by atoms with Crippen molar-refractivity contribution in [2.24, 2.45) is 0 Å². The van der Waals surface area contributed by atoms with Crippen molar-refractivity contribution in [1.29, 1.82) is 0 Å². The number of hydrogen-bond donors (Lipinski definition) is 0. The SMILES string of the molecule is [2H]c1c([2H])c([2H])c(-c2c([2H])c(-c3cc(C(C)(C)C)cc([Si](c4c([2H])c([2H])c([2H])c([2H])c4[2H])(c4c([2H])c([2H])c([2H])c([2H])c4[2H])c4c([2H])c([2H])c([2H])c([2H])c4[2H])c3-[n+]3[c-]n(-c4cccc(Oc5ccc6c7ccccc7n(-c7cc(C(C)(C)C)ccn7)c6c5)c4)c4cc(-c5ccc(C(C)(C)C)cc5)ccc43)c([2H])c(-c3c([2H])c([2H])c([2H])c([2H])c3[2H])c2[2H])c([2H])c1[2H]. The largest absolute Gasteiger partial charge is 0.458 e. The fourth-order valence-electron chi connectivity index (χ4n) is 12.4. The van der Waals surface area contributed by atoms with Gasteiger partial charge in [-0.05, 0) is 171 Å². The van der Waals surface area contributed by atoms with E-state index in [4.69, 9.17) is 17.9 Å². The molecule has 6 heteroatoms. The molecule has 0 amide bonds. The average Bonchev–Trinajstić information content (AvgIpc) is 0.693. The lowest BCUT2D eigenvalue weighted by Crippen LogP contribution is -2.76. The molecule has 96 heavy (non-hydrogen) atoms.